The first-order valence-corrected chi connectivity index (χ1v) is 11.9. The fraction of sp³-hybridized carbons (Fsp3) is 0.560. The molecule has 0 amide bonds. The third-order valence-corrected chi connectivity index (χ3v) is 6.91. The van der Waals surface area contributed by atoms with Crippen LogP contribution >= 0.6 is 11.6 Å². The van der Waals surface area contributed by atoms with Gasteiger partial charge in [-0.15, -0.1) is 0 Å². The van der Waals surface area contributed by atoms with Gasteiger partial charge in [0.2, 0.25) is 0 Å². The van der Waals surface area contributed by atoms with Gasteiger partial charge in [0.25, 0.3) is 0 Å². The molecular formula is C25H32ClN3O3. The fourth-order valence-electron chi connectivity index (χ4n) is 5.21. The van der Waals surface area contributed by atoms with E-state index >= 15 is 0 Å². The van der Waals surface area contributed by atoms with Crippen LogP contribution in [0.15, 0.2) is 40.5 Å². The predicted molar refractivity (Wildman–Crippen MR) is 126 cm³/mol. The van der Waals surface area contributed by atoms with E-state index in [9.17, 15) is 9.59 Å². The summed E-state index contributed by atoms with van der Waals surface area (Å²) in [6, 6.07) is 7.51. The van der Waals surface area contributed by atoms with Crippen molar-refractivity contribution in [2.45, 2.75) is 39.5 Å². The number of Topliss-reactive ketones (excluding diaryl/α,β-unsaturated/α-hetero) is 1. The van der Waals surface area contributed by atoms with E-state index in [0.717, 1.165) is 43.9 Å². The van der Waals surface area contributed by atoms with Crippen LogP contribution in [0.5, 0.6) is 0 Å². The third-order valence-electron chi connectivity index (χ3n) is 6.57. The Labute approximate surface area is 195 Å². The largest absolute Gasteiger partial charge is 0.463 e. The zero-order chi connectivity index (χ0) is 22.9. The SMILES string of the molecule is CCOC(=O)C1=C(CN2CCNCC2)N=C2CC(C)(C)CC(=O)C2C1c1ccccc1Cl. The number of carbonyl (C=O) groups excluding carboxylic acids is 2. The zero-order valence-corrected chi connectivity index (χ0v) is 19.9. The van der Waals surface area contributed by atoms with Gasteiger partial charge in [-0.05, 0) is 30.4 Å². The Hall–Kier alpha value is -2.02. The highest BCUT2D eigenvalue weighted by molar-refractivity contribution is 6.31. The van der Waals surface area contributed by atoms with Crippen LogP contribution in [0.3, 0.4) is 0 Å². The van der Waals surface area contributed by atoms with E-state index in [2.05, 4.69) is 24.1 Å². The van der Waals surface area contributed by atoms with Crippen LogP contribution in [0, 0.1) is 11.3 Å². The predicted octanol–water partition coefficient (Wildman–Crippen LogP) is 3.61. The number of ether oxygens (including phenoxy) is 1. The number of carbonyl (C=O) groups is 2. The van der Waals surface area contributed by atoms with Gasteiger partial charge in [-0.1, -0.05) is 43.6 Å². The molecule has 4 rings (SSSR count). The highest BCUT2D eigenvalue weighted by Crippen LogP contribution is 2.48. The Morgan fingerprint density at radius 2 is 1.94 bits per heavy atom. The maximum Gasteiger partial charge on any atom is 0.336 e. The van der Waals surface area contributed by atoms with E-state index in [1.165, 1.54) is 0 Å². The summed E-state index contributed by atoms with van der Waals surface area (Å²) in [5, 5.41) is 3.92. The smallest absolute Gasteiger partial charge is 0.336 e. The molecule has 7 heteroatoms. The number of nitrogens with zero attached hydrogens (tertiary/aromatic N) is 2. The molecule has 2 aliphatic heterocycles. The minimum Gasteiger partial charge on any atom is -0.463 e. The van der Waals surface area contributed by atoms with Crippen LogP contribution in [-0.4, -0.2) is 61.7 Å². The first-order valence-electron chi connectivity index (χ1n) is 11.5. The van der Waals surface area contributed by atoms with Gasteiger partial charge >= 0.3 is 5.97 Å². The Balaban J connectivity index is 1.88. The van der Waals surface area contributed by atoms with Gasteiger partial charge < -0.3 is 10.1 Å². The molecule has 2 heterocycles. The first kappa shape index (κ1) is 23.1. The van der Waals surface area contributed by atoms with Gasteiger partial charge in [-0.3, -0.25) is 14.7 Å². The maximum atomic E-state index is 13.4. The summed E-state index contributed by atoms with van der Waals surface area (Å²) < 4.78 is 5.50. The normalized spacial score (nSPS) is 25.9. The molecule has 32 heavy (non-hydrogen) atoms. The van der Waals surface area contributed by atoms with Crippen LogP contribution in [0.4, 0.5) is 0 Å². The molecule has 1 aromatic rings. The van der Waals surface area contributed by atoms with Crippen LogP contribution < -0.4 is 5.32 Å². The molecule has 2 atom stereocenters. The van der Waals surface area contributed by atoms with Crippen molar-refractivity contribution >= 4 is 29.1 Å². The number of benzene rings is 1. The molecule has 0 radical (unpaired) electrons. The van der Waals surface area contributed by atoms with E-state index in [1.54, 1.807) is 6.92 Å². The Bertz CT molecular complexity index is 963. The van der Waals surface area contributed by atoms with Crippen molar-refractivity contribution < 1.29 is 14.3 Å². The van der Waals surface area contributed by atoms with Crippen molar-refractivity contribution in [3.63, 3.8) is 0 Å². The summed E-state index contributed by atoms with van der Waals surface area (Å²) in [6.07, 6.45) is 1.19. The minimum atomic E-state index is -0.478. The molecule has 2 fully saturated rings. The Morgan fingerprint density at radius 1 is 1.22 bits per heavy atom. The lowest BCUT2D eigenvalue weighted by Gasteiger charge is -2.42. The van der Waals surface area contributed by atoms with Crippen molar-refractivity contribution in [2.24, 2.45) is 16.3 Å². The van der Waals surface area contributed by atoms with E-state index in [-0.39, 0.29) is 17.8 Å². The quantitative estimate of drug-likeness (QED) is 0.684. The van der Waals surface area contributed by atoms with E-state index in [0.29, 0.717) is 29.3 Å². The van der Waals surface area contributed by atoms with Gasteiger partial charge in [-0.25, -0.2) is 4.79 Å². The molecule has 1 saturated carbocycles. The van der Waals surface area contributed by atoms with Gasteiger partial charge in [-0.2, -0.15) is 0 Å². The molecular weight excluding hydrogens is 426 g/mol. The number of fused-ring (bicyclic) bond motifs is 1. The van der Waals surface area contributed by atoms with Crippen LogP contribution in [0.1, 0.15) is 45.1 Å². The number of hydrogen-bond donors (Lipinski definition) is 1. The summed E-state index contributed by atoms with van der Waals surface area (Å²) in [5.74, 6) is -1.23. The van der Waals surface area contributed by atoms with Crippen molar-refractivity contribution in [3.05, 3.63) is 46.1 Å². The number of halogens is 1. The van der Waals surface area contributed by atoms with Crippen LogP contribution in [0.2, 0.25) is 5.02 Å². The molecule has 0 spiro atoms. The van der Waals surface area contributed by atoms with Crippen molar-refractivity contribution in [3.8, 4) is 0 Å². The lowest BCUT2D eigenvalue weighted by molar-refractivity contribution is -0.139. The standard InChI is InChI=1S/C25H32ClN3O3/c1-4-32-24(31)23-19(15-29-11-9-27-10-12-29)28-18-13-25(2,3)14-20(30)22(18)21(23)16-7-5-6-8-17(16)26/h5-8,21-22,27H,4,9-15H2,1-3H3. The van der Waals surface area contributed by atoms with E-state index < -0.39 is 17.8 Å². The summed E-state index contributed by atoms with van der Waals surface area (Å²) in [5.41, 5.74) is 2.71. The second-order valence-corrected chi connectivity index (χ2v) is 10.1. The molecule has 6 nitrogen and oxygen atoms in total. The number of piperazine rings is 1. The molecule has 1 aliphatic carbocycles. The van der Waals surface area contributed by atoms with Crippen molar-refractivity contribution in [1.29, 1.82) is 0 Å². The monoisotopic (exact) mass is 457 g/mol. The highest BCUT2D eigenvalue weighted by atomic mass is 35.5. The lowest BCUT2D eigenvalue weighted by Crippen LogP contribution is -2.47. The number of esters is 1. The molecule has 0 aromatic heterocycles. The second kappa shape index (κ2) is 9.46. The zero-order valence-electron chi connectivity index (χ0n) is 19.1. The molecule has 1 N–H and O–H groups in total. The summed E-state index contributed by atoms with van der Waals surface area (Å²) in [7, 11) is 0. The first-order chi connectivity index (χ1) is 15.3. The topological polar surface area (TPSA) is 71.0 Å². The van der Waals surface area contributed by atoms with Gasteiger partial charge in [0.05, 0.1) is 23.8 Å². The lowest BCUT2D eigenvalue weighted by atomic mass is 9.63. The van der Waals surface area contributed by atoms with E-state index in [4.69, 9.17) is 21.3 Å². The van der Waals surface area contributed by atoms with Gasteiger partial charge in [0, 0.05) is 55.8 Å². The number of aliphatic imine (C=N–C) groups is 1. The molecule has 1 aromatic carbocycles. The summed E-state index contributed by atoms with van der Waals surface area (Å²) in [6.45, 7) is 10.4. The van der Waals surface area contributed by atoms with Crippen molar-refractivity contribution in [2.75, 3.05) is 39.3 Å². The average Bonchev–Trinajstić information content (AvgIpc) is 2.73. The number of rotatable bonds is 5. The third kappa shape index (κ3) is 4.68. The molecule has 172 valence electrons. The Kier molecular flexibility index (Phi) is 6.84. The van der Waals surface area contributed by atoms with Crippen LogP contribution in [0.25, 0.3) is 0 Å². The maximum absolute atomic E-state index is 13.4. The average molecular weight is 458 g/mol. The molecule has 1 saturated heterocycles. The van der Waals surface area contributed by atoms with E-state index in [1.807, 2.05) is 24.3 Å². The van der Waals surface area contributed by atoms with Gasteiger partial charge in [0.15, 0.2) is 0 Å². The fourth-order valence-corrected chi connectivity index (χ4v) is 5.47. The summed E-state index contributed by atoms with van der Waals surface area (Å²) in [4.78, 5) is 34.1. The number of hydrogen-bond acceptors (Lipinski definition) is 6. The van der Waals surface area contributed by atoms with Gasteiger partial charge in [0.1, 0.15) is 5.78 Å². The minimum absolute atomic E-state index is 0.118. The highest BCUT2D eigenvalue weighted by Gasteiger charge is 2.48. The molecule has 3 aliphatic rings. The molecule has 2 unspecified atom stereocenters. The number of ketones is 1. The van der Waals surface area contributed by atoms with Crippen LogP contribution in [-0.2, 0) is 14.3 Å². The summed E-state index contributed by atoms with van der Waals surface area (Å²) >= 11 is 6.63. The molecule has 0 bridgehead atoms. The second-order valence-electron chi connectivity index (χ2n) is 9.67. The van der Waals surface area contributed by atoms with Crippen molar-refractivity contribution in [1.82, 2.24) is 10.2 Å². The number of nitrogens with one attached hydrogen (secondary N) is 1. The Morgan fingerprint density at radius 3 is 2.62 bits per heavy atom.